The van der Waals surface area contributed by atoms with Crippen LogP contribution in [0.5, 0.6) is 0 Å². The molecule has 2 rings (SSSR count). The van der Waals surface area contributed by atoms with Crippen molar-refractivity contribution in [3.05, 3.63) is 23.8 Å². The molecular formula is C13H15N3O3. The van der Waals surface area contributed by atoms with Gasteiger partial charge in [-0.3, -0.25) is 4.79 Å². The third kappa shape index (κ3) is 2.78. The summed E-state index contributed by atoms with van der Waals surface area (Å²) in [5.74, 6) is -0.653. The number of benzene rings is 1. The Morgan fingerprint density at radius 1 is 1.26 bits per heavy atom. The minimum atomic E-state index is -0.553. The van der Waals surface area contributed by atoms with Crippen LogP contribution >= 0.6 is 0 Å². The van der Waals surface area contributed by atoms with Gasteiger partial charge in [-0.2, -0.15) is 4.68 Å². The molecule has 0 saturated heterocycles. The number of rotatable bonds is 1. The Kier molecular flexibility index (Phi) is 3.09. The van der Waals surface area contributed by atoms with Gasteiger partial charge in [0, 0.05) is 6.92 Å². The van der Waals surface area contributed by atoms with E-state index in [4.69, 9.17) is 4.74 Å². The fraction of sp³-hybridized carbons (Fsp3) is 0.385. The van der Waals surface area contributed by atoms with Crippen molar-refractivity contribution in [3.63, 3.8) is 0 Å². The van der Waals surface area contributed by atoms with Crippen LogP contribution in [0.3, 0.4) is 0 Å². The van der Waals surface area contributed by atoms with Crippen LogP contribution in [0.2, 0.25) is 0 Å². The molecule has 2 aromatic rings. The molecule has 0 saturated carbocycles. The number of hydrogen-bond acceptors (Lipinski definition) is 5. The number of nitrogens with zero attached hydrogens (tertiary/aromatic N) is 3. The summed E-state index contributed by atoms with van der Waals surface area (Å²) in [4.78, 5) is 23.2. The maximum absolute atomic E-state index is 11.9. The van der Waals surface area contributed by atoms with Crippen LogP contribution in [0.4, 0.5) is 0 Å². The first-order chi connectivity index (χ1) is 8.78. The molecule has 0 aliphatic heterocycles. The standard InChI is InChI=1S/C13H15N3O3/c1-8(17)16-11-6-5-9(7-10(11)14-15-16)12(18)19-13(2,3)4/h5-7H,1-4H3. The normalized spacial score (nSPS) is 11.6. The molecule has 0 bridgehead atoms. The summed E-state index contributed by atoms with van der Waals surface area (Å²) in [5.41, 5.74) is 0.889. The van der Waals surface area contributed by atoms with E-state index in [1.165, 1.54) is 11.6 Å². The molecule has 0 fully saturated rings. The number of aromatic nitrogens is 3. The average molecular weight is 261 g/mol. The van der Waals surface area contributed by atoms with Gasteiger partial charge >= 0.3 is 5.97 Å². The van der Waals surface area contributed by atoms with E-state index in [0.717, 1.165) is 0 Å². The van der Waals surface area contributed by atoms with Crippen molar-refractivity contribution in [2.75, 3.05) is 0 Å². The molecule has 0 N–H and O–H groups in total. The zero-order valence-corrected chi connectivity index (χ0v) is 11.3. The van der Waals surface area contributed by atoms with Gasteiger partial charge in [0.25, 0.3) is 0 Å². The topological polar surface area (TPSA) is 74.1 Å². The maximum Gasteiger partial charge on any atom is 0.338 e. The maximum atomic E-state index is 11.9. The molecule has 0 unspecified atom stereocenters. The van der Waals surface area contributed by atoms with Crippen LogP contribution in [0, 0.1) is 0 Å². The molecule has 0 amide bonds. The SMILES string of the molecule is CC(=O)n1nnc2cc(C(=O)OC(C)(C)C)ccc21. The first kappa shape index (κ1) is 13.2. The van der Waals surface area contributed by atoms with E-state index >= 15 is 0 Å². The van der Waals surface area contributed by atoms with Crippen LogP contribution in [-0.4, -0.2) is 32.5 Å². The minimum Gasteiger partial charge on any atom is -0.456 e. The highest BCUT2D eigenvalue weighted by Gasteiger charge is 2.19. The number of carbonyl (C=O) groups is 2. The second-order valence-electron chi connectivity index (χ2n) is 5.23. The average Bonchev–Trinajstić information content (AvgIpc) is 2.68. The van der Waals surface area contributed by atoms with Crippen LogP contribution in [-0.2, 0) is 4.74 Å². The third-order valence-corrected chi connectivity index (χ3v) is 2.38. The number of ether oxygens (including phenoxy) is 1. The summed E-state index contributed by atoms with van der Waals surface area (Å²) in [6, 6.07) is 4.80. The Hall–Kier alpha value is -2.24. The van der Waals surface area contributed by atoms with Gasteiger partial charge in [-0.05, 0) is 39.0 Å². The molecule has 0 radical (unpaired) electrons. The molecule has 1 aromatic carbocycles. The highest BCUT2D eigenvalue weighted by atomic mass is 16.6. The molecule has 1 aromatic heterocycles. The molecule has 6 nitrogen and oxygen atoms in total. The van der Waals surface area contributed by atoms with Crippen molar-refractivity contribution in [1.29, 1.82) is 0 Å². The summed E-state index contributed by atoms with van der Waals surface area (Å²) >= 11 is 0. The van der Waals surface area contributed by atoms with Gasteiger partial charge in [0.05, 0.1) is 11.1 Å². The lowest BCUT2D eigenvalue weighted by molar-refractivity contribution is 0.00696. The van der Waals surface area contributed by atoms with Crippen LogP contribution in [0.1, 0.15) is 42.8 Å². The van der Waals surface area contributed by atoms with E-state index in [2.05, 4.69) is 10.3 Å². The van der Waals surface area contributed by atoms with E-state index < -0.39 is 11.6 Å². The van der Waals surface area contributed by atoms with Gasteiger partial charge < -0.3 is 4.74 Å². The molecule has 0 aliphatic rings. The zero-order chi connectivity index (χ0) is 14.2. The lowest BCUT2D eigenvalue weighted by atomic mass is 10.1. The number of carbonyl (C=O) groups excluding carboxylic acids is 2. The Bertz CT molecular complexity index is 653. The Balaban J connectivity index is 2.38. The lowest BCUT2D eigenvalue weighted by Crippen LogP contribution is -2.23. The molecule has 0 aliphatic carbocycles. The smallest absolute Gasteiger partial charge is 0.338 e. The van der Waals surface area contributed by atoms with E-state index in [9.17, 15) is 9.59 Å². The van der Waals surface area contributed by atoms with Crippen molar-refractivity contribution < 1.29 is 14.3 Å². The molecule has 1 heterocycles. The van der Waals surface area contributed by atoms with Crippen LogP contribution in [0.25, 0.3) is 11.0 Å². The van der Waals surface area contributed by atoms with E-state index in [-0.39, 0.29) is 5.91 Å². The summed E-state index contributed by atoms with van der Waals surface area (Å²) in [6.45, 7) is 6.80. The quantitative estimate of drug-likeness (QED) is 0.734. The Morgan fingerprint density at radius 3 is 2.53 bits per heavy atom. The summed E-state index contributed by atoms with van der Waals surface area (Å²) in [5, 5.41) is 7.60. The highest BCUT2D eigenvalue weighted by Crippen LogP contribution is 2.17. The van der Waals surface area contributed by atoms with E-state index in [1.807, 2.05) is 0 Å². The monoisotopic (exact) mass is 261 g/mol. The first-order valence-corrected chi connectivity index (χ1v) is 5.88. The van der Waals surface area contributed by atoms with Crippen molar-refractivity contribution in [3.8, 4) is 0 Å². The molecular weight excluding hydrogens is 246 g/mol. The second kappa shape index (κ2) is 4.46. The third-order valence-electron chi connectivity index (χ3n) is 2.38. The Morgan fingerprint density at radius 2 is 1.95 bits per heavy atom. The van der Waals surface area contributed by atoms with Crippen LogP contribution < -0.4 is 0 Å². The van der Waals surface area contributed by atoms with Gasteiger partial charge in [0.2, 0.25) is 5.91 Å². The van der Waals surface area contributed by atoms with Gasteiger partial charge in [0.1, 0.15) is 11.1 Å². The van der Waals surface area contributed by atoms with Crippen LogP contribution in [0.15, 0.2) is 18.2 Å². The van der Waals surface area contributed by atoms with Crippen molar-refractivity contribution in [2.24, 2.45) is 0 Å². The van der Waals surface area contributed by atoms with Gasteiger partial charge in [-0.1, -0.05) is 5.21 Å². The molecule has 6 heteroatoms. The minimum absolute atomic E-state index is 0.229. The van der Waals surface area contributed by atoms with Crippen molar-refractivity contribution in [1.82, 2.24) is 15.0 Å². The largest absolute Gasteiger partial charge is 0.456 e. The molecule has 100 valence electrons. The predicted molar refractivity (Wildman–Crippen MR) is 69.0 cm³/mol. The number of esters is 1. The van der Waals surface area contributed by atoms with Crippen molar-refractivity contribution >= 4 is 22.9 Å². The second-order valence-corrected chi connectivity index (χ2v) is 5.23. The molecule has 0 atom stereocenters. The highest BCUT2D eigenvalue weighted by molar-refractivity contribution is 5.95. The summed E-state index contributed by atoms with van der Waals surface area (Å²) < 4.78 is 6.45. The molecule has 0 spiro atoms. The van der Waals surface area contributed by atoms with Gasteiger partial charge in [-0.15, -0.1) is 5.10 Å². The first-order valence-electron chi connectivity index (χ1n) is 5.88. The van der Waals surface area contributed by atoms with E-state index in [0.29, 0.717) is 16.6 Å². The fourth-order valence-electron chi connectivity index (χ4n) is 1.62. The lowest BCUT2D eigenvalue weighted by Gasteiger charge is -2.19. The summed E-state index contributed by atoms with van der Waals surface area (Å²) in [7, 11) is 0. The Labute approximate surface area is 110 Å². The molecule has 19 heavy (non-hydrogen) atoms. The zero-order valence-electron chi connectivity index (χ0n) is 11.3. The number of hydrogen-bond donors (Lipinski definition) is 0. The van der Waals surface area contributed by atoms with Crippen molar-refractivity contribution in [2.45, 2.75) is 33.3 Å². The van der Waals surface area contributed by atoms with Gasteiger partial charge in [-0.25, -0.2) is 4.79 Å². The van der Waals surface area contributed by atoms with E-state index in [1.54, 1.807) is 39.0 Å². The fourth-order valence-corrected chi connectivity index (χ4v) is 1.62. The number of fused-ring (bicyclic) bond motifs is 1. The predicted octanol–water partition coefficient (Wildman–Crippen LogP) is 2.05. The van der Waals surface area contributed by atoms with Gasteiger partial charge in [0.15, 0.2) is 0 Å². The summed E-state index contributed by atoms with van der Waals surface area (Å²) in [6.07, 6.45) is 0.